The number of hydrogen-bond donors (Lipinski definition) is 1. The number of methoxy groups -OCH3 is 1. The fourth-order valence-electron chi connectivity index (χ4n) is 3.03. The van der Waals surface area contributed by atoms with E-state index in [1.165, 1.54) is 0 Å². The van der Waals surface area contributed by atoms with Crippen molar-refractivity contribution in [1.82, 2.24) is 10.2 Å². The molecule has 1 fully saturated rings. The molecule has 0 radical (unpaired) electrons. The van der Waals surface area contributed by atoms with Crippen molar-refractivity contribution in [3.63, 3.8) is 0 Å². The van der Waals surface area contributed by atoms with E-state index >= 15 is 0 Å². The number of ether oxygens (including phenoxy) is 2. The second kappa shape index (κ2) is 7.76. The Labute approximate surface area is 153 Å². The molecule has 1 aromatic rings. The first-order valence-corrected chi connectivity index (χ1v) is 8.77. The highest BCUT2D eigenvalue weighted by atomic mass is 16.5. The summed E-state index contributed by atoms with van der Waals surface area (Å²) in [6.07, 6.45) is 0.763. The van der Waals surface area contributed by atoms with Crippen molar-refractivity contribution >= 4 is 17.9 Å². The minimum atomic E-state index is -1.19. The number of nitrogens with zero attached hydrogens (tertiary/aromatic N) is 1. The lowest BCUT2D eigenvalue weighted by atomic mass is 9.86. The van der Waals surface area contributed by atoms with Crippen LogP contribution in [0.15, 0.2) is 18.2 Å². The zero-order valence-electron chi connectivity index (χ0n) is 15.9. The Hall–Kier alpha value is -2.57. The van der Waals surface area contributed by atoms with Crippen LogP contribution in [0, 0.1) is 6.92 Å². The third-order valence-electron chi connectivity index (χ3n) is 4.79. The number of imide groups is 1. The molecule has 3 amide bonds. The summed E-state index contributed by atoms with van der Waals surface area (Å²) in [5, 5.41) is 2.76. The van der Waals surface area contributed by atoms with E-state index in [-0.39, 0.29) is 6.10 Å². The van der Waals surface area contributed by atoms with Crippen LogP contribution in [0.5, 0.6) is 5.75 Å². The summed E-state index contributed by atoms with van der Waals surface area (Å²) < 4.78 is 10.4. The number of benzene rings is 1. The first-order chi connectivity index (χ1) is 12.3. The molecule has 0 spiro atoms. The predicted molar refractivity (Wildman–Crippen MR) is 95.8 cm³/mol. The van der Waals surface area contributed by atoms with Gasteiger partial charge in [0, 0.05) is 0 Å². The molecular formula is C19H26N2O5. The highest BCUT2D eigenvalue weighted by Crippen LogP contribution is 2.34. The number of amides is 3. The van der Waals surface area contributed by atoms with Crippen molar-refractivity contribution < 1.29 is 23.9 Å². The molecule has 2 unspecified atom stereocenters. The predicted octanol–water partition coefficient (Wildman–Crippen LogP) is 2.50. The molecule has 7 nitrogen and oxygen atoms in total. The monoisotopic (exact) mass is 362 g/mol. The Balaban J connectivity index is 2.28. The fraction of sp³-hybridized carbons (Fsp3) is 0.526. The summed E-state index contributed by atoms with van der Waals surface area (Å²) in [5.41, 5.74) is 0.328. The lowest BCUT2D eigenvalue weighted by Crippen LogP contribution is -2.44. The van der Waals surface area contributed by atoms with Crippen LogP contribution >= 0.6 is 0 Å². The number of esters is 1. The molecule has 2 atom stereocenters. The van der Waals surface area contributed by atoms with E-state index in [0.717, 1.165) is 10.5 Å². The minimum Gasteiger partial charge on any atom is -0.496 e. The van der Waals surface area contributed by atoms with Crippen molar-refractivity contribution in [2.45, 2.75) is 52.2 Å². The highest BCUT2D eigenvalue weighted by Gasteiger charge is 2.52. The normalized spacial score (nSPS) is 20.7. The quantitative estimate of drug-likeness (QED) is 0.595. The number of urea groups is 1. The molecule has 7 heteroatoms. The van der Waals surface area contributed by atoms with Gasteiger partial charge in [0.1, 0.15) is 17.8 Å². The van der Waals surface area contributed by atoms with Gasteiger partial charge in [-0.15, -0.1) is 0 Å². The van der Waals surface area contributed by atoms with Gasteiger partial charge in [0.2, 0.25) is 0 Å². The second-order valence-corrected chi connectivity index (χ2v) is 6.47. The number of nitrogens with one attached hydrogen (secondary N) is 1. The van der Waals surface area contributed by atoms with Crippen molar-refractivity contribution in [2.24, 2.45) is 0 Å². The van der Waals surface area contributed by atoms with E-state index in [4.69, 9.17) is 9.47 Å². The molecule has 1 aliphatic rings. The Morgan fingerprint density at radius 3 is 2.54 bits per heavy atom. The van der Waals surface area contributed by atoms with Crippen LogP contribution in [0.1, 0.15) is 44.7 Å². The van der Waals surface area contributed by atoms with Gasteiger partial charge in [0.25, 0.3) is 5.91 Å². The fourth-order valence-corrected chi connectivity index (χ4v) is 3.03. The highest BCUT2D eigenvalue weighted by molar-refractivity contribution is 6.09. The molecule has 0 aliphatic carbocycles. The topological polar surface area (TPSA) is 84.9 Å². The maximum atomic E-state index is 13.0. The molecule has 26 heavy (non-hydrogen) atoms. The molecular weight excluding hydrogens is 336 g/mol. The summed E-state index contributed by atoms with van der Waals surface area (Å²) in [5.74, 6) is -0.345. The first kappa shape index (κ1) is 19.8. The zero-order chi connectivity index (χ0) is 19.5. The largest absolute Gasteiger partial charge is 0.496 e. The van der Waals surface area contributed by atoms with Crippen molar-refractivity contribution in [2.75, 3.05) is 13.7 Å². The average Bonchev–Trinajstić information content (AvgIpc) is 2.86. The second-order valence-electron chi connectivity index (χ2n) is 6.47. The minimum absolute atomic E-state index is 0.261. The number of rotatable bonds is 7. The van der Waals surface area contributed by atoms with E-state index in [1.54, 1.807) is 26.2 Å². The SMILES string of the molecule is CCC(C)OC(=O)CN1C(=O)NC(CC)(c2ccc(OC)c(C)c2)C1=O. The van der Waals surface area contributed by atoms with Gasteiger partial charge in [-0.1, -0.05) is 19.9 Å². The lowest BCUT2D eigenvalue weighted by Gasteiger charge is -2.26. The molecule has 1 aliphatic heterocycles. The van der Waals surface area contributed by atoms with Gasteiger partial charge < -0.3 is 14.8 Å². The van der Waals surface area contributed by atoms with Gasteiger partial charge in [-0.3, -0.25) is 14.5 Å². The molecule has 1 aromatic carbocycles. The van der Waals surface area contributed by atoms with E-state index in [1.807, 2.05) is 26.8 Å². The summed E-state index contributed by atoms with van der Waals surface area (Å²) in [4.78, 5) is 38.4. The van der Waals surface area contributed by atoms with E-state index in [9.17, 15) is 14.4 Å². The molecule has 1 heterocycles. The number of hydrogen-bond acceptors (Lipinski definition) is 5. The number of carbonyl (C=O) groups is 3. The van der Waals surface area contributed by atoms with Gasteiger partial charge in [0.15, 0.2) is 0 Å². The van der Waals surface area contributed by atoms with Crippen LogP contribution < -0.4 is 10.1 Å². The van der Waals surface area contributed by atoms with Crippen LogP contribution in [0.2, 0.25) is 0 Å². The summed E-state index contributed by atoms with van der Waals surface area (Å²) in [7, 11) is 1.57. The molecule has 0 bridgehead atoms. The maximum Gasteiger partial charge on any atom is 0.326 e. The third-order valence-corrected chi connectivity index (χ3v) is 4.79. The Morgan fingerprint density at radius 1 is 1.31 bits per heavy atom. The van der Waals surface area contributed by atoms with E-state index in [0.29, 0.717) is 24.2 Å². The standard InChI is InChI=1S/C19H26N2O5/c1-6-13(4)26-16(22)11-21-17(23)19(7-2,20-18(21)24)14-8-9-15(25-5)12(3)10-14/h8-10,13H,6-7,11H2,1-5H3,(H,20,24). The van der Waals surface area contributed by atoms with E-state index in [2.05, 4.69) is 5.32 Å². The third kappa shape index (κ3) is 3.52. The van der Waals surface area contributed by atoms with Crippen LogP contribution in [0.3, 0.4) is 0 Å². The van der Waals surface area contributed by atoms with Gasteiger partial charge in [-0.25, -0.2) is 4.79 Å². The van der Waals surface area contributed by atoms with Gasteiger partial charge in [0.05, 0.1) is 13.2 Å². The molecule has 0 aromatic heterocycles. The van der Waals surface area contributed by atoms with Crippen molar-refractivity contribution in [1.29, 1.82) is 0 Å². The smallest absolute Gasteiger partial charge is 0.326 e. The number of aryl methyl sites for hydroxylation is 1. The summed E-state index contributed by atoms with van der Waals surface area (Å²) in [6, 6.07) is 4.75. The molecule has 142 valence electrons. The van der Waals surface area contributed by atoms with Gasteiger partial charge in [-0.2, -0.15) is 0 Å². The first-order valence-electron chi connectivity index (χ1n) is 8.77. The van der Waals surface area contributed by atoms with Crippen LogP contribution in [0.4, 0.5) is 4.79 Å². The van der Waals surface area contributed by atoms with E-state index < -0.39 is 30.0 Å². The molecule has 2 rings (SSSR count). The molecule has 0 saturated carbocycles. The van der Waals surface area contributed by atoms with Crippen molar-refractivity contribution in [3.8, 4) is 5.75 Å². The van der Waals surface area contributed by atoms with Gasteiger partial charge >= 0.3 is 12.0 Å². The Kier molecular flexibility index (Phi) is 5.90. The van der Waals surface area contributed by atoms with Crippen molar-refractivity contribution in [3.05, 3.63) is 29.3 Å². The molecule has 1 saturated heterocycles. The summed E-state index contributed by atoms with van der Waals surface area (Å²) >= 11 is 0. The Bertz CT molecular complexity index is 718. The van der Waals surface area contributed by atoms with Crippen LogP contribution in [0.25, 0.3) is 0 Å². The Morgan fingerprint density at radius 2 is 2.00 bits per heavy atom. The number of carbonyl (C=O) groups excluding carboxylic acids is 3. The molecule has 1 N–H and O–H groups in total. The average molecular weight is 362 g/mol. The maximum absolute atomic E-state index is 13.0. The van der Waals surface area contributed by atoms with Gasteiger partial charge in [-0.05, 0) is 49.9 Å². The van der Waals surface area contributed by atoms with Crippen LogP contribution in [-0.2, 0) is 19.9 Å². The summed E-state index contributed by atoms with van der Waals surface area (Å²) in [6.45, 7) is 6.94. The van der Waals surface area contributed by atoms with Crippen LogP contribution in [-0.4, -0.2) is 42.6 Å². The lowest BCUT2D eigenvalue weighted by molar-refractivity contribution is -0.151. The zero-order valence-corrected chi connectivity index (χ0v) is 15.9.